The Morgan fingerprint density at radius 3 is 2.62 bits per heavy atom. The number of amides is 1. The Kier molecular flexibility index (Phi) is 6.90. The lowest BCUT2D eigenvalue weighted by Crippen LogP contribution is -2.38. The lowest BCUT2D eigenvalue weighted by Gasteiger charge is -2.22. The first-order valence-corrected chi connectivity index (χ1v) is 7.32. The average Bonchev–Trinajstić information content (AvgIpc) is 2.46. The number of benzene rings is 1. The van der Waals surface area contributed by atoms with Gasteiger partial charge in [-0.3, -0.25) is 4.79 Å². The van der Waals surface area contributed by atoms with Crippen LogP contribution in [0.3, 0.4) is 0 Å². The molecule has 0 aliphatic rings. The summed E-state index contributed by atoms with van der Waals surface area (Å²) < 4.78 is 13.3. The van der Waals surface area contributed by atoms with Gasteiger partial charge in [0, 0.05) is 11.6 Å². The zero-order chi connectivity index (χ0) is 15.8. The van der Waals surface area contributed by atoms with Crippen LogP contribution in [0.2, 0.25) is 0 Å². The lowest BCUT2D eigenvalue weighted by atomic mass is 9.95. The van der Waals surface area contributed by atoms with Gasteiger partial charge >= 0.3 is 0 Å². The van der Waals surface area contributed by atoms with Gasteiger partial charge in [-0.25, -0.2) is 4.39 Å². The van der Waals surface area contributed by atoms with Crippen molar-refractivity contribution >= 4 is 5.91 Å². The second-order valence-electron chi connectivity index (χ2n) is 5.03. The second kappa shape index (κ2) is 8.43. The Morgan fingerprint density at radius 1 is 1.38 bits per heavy atom. The Labute approximate surface area is 126 Å². The van der Waals surface area contributed by atoms with E-state index in [-0.39, 0.29) is 18.5 Å². The van der Waals surface area contributed by atoms with Crippen molar-refractivity contribution in [3.05, 3.63) is 35.1 Å². The van der Waals surface area contributed by atoms with Gasteiger partial charge in [-0.1, -0.05) is 38.5 Å². The van der Waals surface area contributed by atoms with Crippen LogP contribution in [-0.2, 0) is 0 Å². The van der Waals surface area contributed by atoms with Crippen molar-refractivity contribution in [1.82, 2.24) is 5.32 Å². The third-order valence-corrected chi connectivity index (χ3v) is 3.67. The Hall–Kier alpha value is -1.86. The van der Waals surface area contributed by atoms with Crippen LogP contribution < -0.4 is 11.1 Å². The van der Waals surface area contributed by atoms with E-state index in [9.17, 15) is 9.18 Å². The van der Waals surface area contributed by atoms with Crippen molar-refractivity contribution in [3.63, 3.8) is 0 Å². The normalized spacial score (nSPS) is 11.7. The summed E-state index contributed by atoms with van der Waals surface area (Å²) in [6.45, 7) is 6.37. The van der Waals surface area contributed by atoms with E-state index < -0.39 is 5.82 Å². The van der Waals surface area contributed by atoms with Crippen LogP contribution in [0.1, 0.15) is 49.5 Å². The van der Waals surface area contributed by atoms with Gasteiger partial charge in [0.25, 0.3) is 5.91 Å². The van der Waals surface area contributed by atoms with E-state index >= 15 is 0 Å². The monoisotopic (exact) mass is 290 g/mol. The minimum absolute atomic E-state index is 0.0628. The molecule has 21 heavy (non-hydrogen) atoms. The summed E-state index contributed by atoms with van der Waals surface area (Å²) >= 11 is 0. The molecule has 0 saturated heterocycles. The third-order valence-electron chi connectivity index (χ3n) is 3.67. The quantitative estimate of drug-likeness (QED) is 0.819. The van der Waals surface area contributed by atoms with Crippen LogP contribution in [0.15, 0.2) is 18.2 Å². The topological polar surface area (TPSA) is 55.1 Å². The minimum atomic E-state index is -0.416. The maximum atomic E-state index is 13.3. The molecule has 0 radical (unpaired) electrons. The first kappa shape index (κ1) is 17.2. The fourth-order valence-corrected chi connectivity index (χ4v) is 2.36. The number of carbonyl (C=O) groups is 1. The number of hydrogen-bond donors (Lipinski definition) is 2. The van der Waals surface area contributed by atoms with E-state index in [1.54, 1.807) is 0 Å². The molecule has 1 aromatic rings. The SMILES string of the molecule is CCC(CC)C(C)NC(=O)c1ccc(F)cc1C#CCN. The molecule has 3 N–H and O–H groups in total. The van der Waals surface area contributed by atoms with Crippen LogP contribution in [0, 0.1) is 23.6 Å². The van der Waals surface area contributed by atoms with E-state index in [1.807, 2.05) is 6.92 Å². The van der Waals surface area contributed by atoms with Crippen LogP contribution in [0.25, 0.3) is 0 Å². The summed E-state index contributed by atoms with van der Waals surface area (Å²) in [7, 11) is 0. The smallest absolute Gasteiger partial charge is 0.252 e. The molecule has 1 amide bonds. The van der Waals surface area contributed by atoms with Gasteiger partial charge < -0.3 is 11.1 Å². The predicted octanol–water partition coefficient (Wildman–Crippen LogP) is 2.69. The highest BCUT2D eigenvalue weighted by Crippen LogP contribution is 2.15. The van der Waals surface area contributed by atoms with Crippen molar-refractivity contribution in [2.24, 2.45) is 11.7 Å². The largest absolute Gasteiger partial charge is 0.349 e. The van der Waals surface area contributed by atoms with Crippen molar-refractivity contribution in [2.45, 2.75) is 39.7 Å². The van der Waals surface area contributed by atoms with Crippen LogP contribution in [0.5, 0.6) is 0 Å². The van der Waals surface area contributed by atoms with Crippen molar-refractivity contribution in [1.29, 1.82) is 0 Å². The molecular weight excluding hydrogens is 267 g/mol. The highest BCUT2D eigenvalue weighted by molar-refractivity contribution is 5.96. The zero-order valence-electron chi connectivity index (χ0n) is 12.9. The predicted molar refractivity (Wildman–Crippen MR) is 83.3 cm³/mol. The van der Waals surface area contributed by atoms with E-state index in [2.05, 4.69) is 31.0 Å². The van der Waals surface area contributed by atoms with Gasteiger partial charge in [0.05, 0.1) is 12.1 Å². The molecule has 0 aliphatic heterocycles. The van der Waals surface area contributed by atoms with Gasteiger partial charge in [0.1, 0.15) is 5.82 Å². The standard InChI is InChI=1S/C17H23FN2O/c1-4-13(5-2)12(3)20-17(21)16-9-8-15(18)11-14(16)7-6-10-19/h8-9,11-13H,4-5,10,19H2,1-3H3,(H,20,21). The molecule has 1 aromatic carbocycles. The molecule has 3 nitrogen and oxygen atoms in total. The summed E-state index contributed by atoms with van der Waals surface area (Å²) in [6, 6.07) is 4.06. The molecule has 1 rings (SSSR count). The van der Waals surface area contributed by atoms with Gasteiger partial charge in [-0.15, -0.1) is 0 Å². The maximum absolute atomic E-state index is 13.3. The van der Waals surface area contributed by atoms with Gasteiger partial charge in [-0.05, 0) is 31.0 Å². The summed E-state index contributed by atoms with van der Waals surface area (Å²) in [5.74, 6) is 5.19. The third kappa shape index (κ3) is 4.87. The summed E-state index contributed by atoms with van der Waals surface area (Å²) in [5.41, 5.74) is 6.08. The van der Waals surface area contributed by atoms with Gasteiger partial charge in [-0.2, -0.15) is 0 Å². The van der Waals surface area contributed by atoms with Crippen LogP contribution in [0.4, 0.5) is 4.39 Å². The molecular formula is C17H23FN2O. The molecule has 114 valence electrons. The van der Waals surface area contributed by atoms with Crippen molar-refractivity contribution in [2.75, 3.05) is 6.54 Å². The number of rotatable bonds is 5. The number of nitrogens with one attached hydrogen (secondary N) is 1. The van der Waals surface area contributed by atoms with E-state index in [4.69, 9.17) is 5.73 Å². The molecule has 1 unspecified atom stereocenters. The molecule has 4 heteroatoms. The lowest BCUT2D eigenvalue weighted by molar-refractivity contribution is 0.0925. The number of carbonyl (C=O) groups excluding carboxylic acids is 1. The molecule has 0 spiro atoms. The first-order valence-electron chi connectivity index (χ1n) is 7.32. The Morgan fingerprint density at radius 2 is 2.05 bits per heavy atom. The van der Waals surface area contributed by atoms with Gasteiger partial charge in [0.15, 0.2) is 0 Å². The summed E-state index contributed by atoms with van der Waals surface area (Å²) in [4.78, 5) is 12.4. The minimum Gasteiger partial charge on any atom is -0.349 e. The summed E-state index contributed by atoms with van der Waals surface area (Å²) in [5, 5.41) is 2.97. The van der Waals surface area contributed by atoms with Crippen molar-refractivity contribution < 1.29 is 9.18 Å². The molecule has 0 saturated carbocycles. The van der Waals surface area contributed by atoms with E-state index in [1.165, 1.54) is 18.2 Å². The van der Waals surface area contributed by atoms with Crippen molar-refractivity contribution in [3.8, 4) is 11.8 Å². The number of hydrogen-bond acceptors (Lipinski definition) is 2. The zero-order valence-corrected chi connectivity index (χ0v) is 12.9. The van der Waals surface area contributed by atoms with E-state index in [0.717, 1.165) is 12.8 Å². The van der Waals surface area contributed by atoms with E-state index in [0.29, 0.717) is 17.0 Å². The Bertz CT molecular complexity index is 541. The highest BCUT2D eigenvalue weighted by Gasteiger charge is 2.18. The fraction of sp³-hybridized carbons (Fsp3) is 0.471. The second-order valence-corrected chi connectivity index (χ2v) is 5.03. The molecule has 0 fully saturated rings. The molecule has 0 aromatic heterocycles. The molecule has 1 atom stereocenters. The molecule has 0 heterocycles. The molecule has 0 aliphatic carbocycles. The number of nitrogens with two attached hydrogens (primary N) is 1. The summed E-state index contributed by atoms with van der Waals surface area (Å²) in [6.07, 6.45) is 2.00. The van der Waals surface area contributed by atoms with Crippen LogP contribution in [-0.4, -0.2) is 18.5 Å². The fourth-order valence-electron chi connectivity index (χ4n) is 2.36. The average molecular weight is 290 g/mol. The molecule has 0 bridgehead atoms. The number of halogens is 1. The first-order chi connectivity index (χ1) is 10.0. The van der Waals surface area contributed by atoms with Crippen LogP contribution >= 0.6 is 0 Å². The highest BCUT2D eigenvalue weighted by atomic mass is 19.1. The maximum Gasteiger partial charge on any atom is 0.252 e. The Balaban J connectivity index is 2.96. The van der Waals surface area contributed by atoms with Gasteiger partial charge in [0.2, 0.25) is 0 Å².